The number of nitrogens with zero attached hydrogens (tertiary/aromatic N) is 1. The lowest BCUT2D eigenvalue weighted by atomic mass is 10.3. The van der Waals surface area contributed by atoms with Gasteiger partial charge >= 0.3 is 0 Å². The summed E-state index contributed by atoms with van der Waals surface area (Å²) < 4.78 is 9.71. The summed E-state index contributed by atoms with van der Waals surface area (Å²) in [7, 11) is 0. The van der Waals surface area contributed by atoms with E-state index in [1.165, 1.54) is 36.4 Å². The van der Waals surface area contributed by atoms with E-state index in [0.29, 0.717) is 29.2 Å². The number of carbonyl (C=O) groups is 2. The summed E-state index contributed by atoms with van der Waals surface area (Å²) in [6.07, 6.45) is 6.22. The Bertz CT molecular complexity index is 778. The standard InChI is InChI=1S/C15H13N3O4S/c19-13(10-2-5-21-7-10)16-4-1-12-9-23-15(17-12)18-14(20)11-3-6-22-8-11/h2-3,5-9H,1,4H2,(H,16,19)(H,17,18,20). The molecule has 0 fully saturated rings. The van der Waals surface area contributed by atoms with E-state index in [1.54, 1.807) is 12.1 Å². The molecular weight excluding hydrogens is 318 g/mol. The number of furan rings is 2. The van der Waals surface area contributed by atoms with Crippen LogP contribution >= 0.6 is 11.3 Å². The van der Waals surface area contributed by atoms with Crippen molar-refractivity contribution in [2.45, 2.75) is 6.42 Å². The molecule has 0 aromatic carbocycles. The van der Waals surface area contributed by atoms with Crippen LogP contribution in [0.5, 0.6) is 0 Å². The van der Waals surface area contributed by atoms with Crippen LogP contribution in [0.25, 0.3) is 0 Å². The quantitative estimate of drug-likeness (QED) is 0.723. The van der Waals surface area contributed by atoms with Crippen LogP contribution in [0.2, 0.25) is 0 Å². The molecule has 3 aromatic heterocycles. The Morgan fingerprint density at radius 1 is 1.09 bits per heavy atom. The zero-order chi connectivity index (χ0) is 16.1. The highest BCUT2D eigenvalue weighted by molar-refractivity contribution is 7.13. The normalized spacial score (nSPS) is 10.4. The van der Waals surface area contributed by atoms with Gasteiger partial charge in [0.2, 0.25) is 0 Å². The molecule has 0 atom stereocenters. The molecule has 23 heavy (non-hydrogen) atoms. The van der Waals surface area contributed by atoms with E-state index in [0.717, 1.165) is 5.69 Å². The van der Waals surface area contributed by atoms with Crippen molar-refractivity contribution < 1.29 is 18.4 Å². The number of aromatic nitrogens is 1. The van der Waals surface area contributed by atoms with Gasteiger partial charge in [-0.3, -0.25) is 14.9 Å². The molecule has 0 radical (unpaired) electrons. The van der Waals surface area contributed by atoms with E-state index in [9.17, 15) is 9.59 Å². The maximum Gasteiger partial charge on any atom is 0.260 e. The van der Waals surface area contributed by atoms with Crippen LogP contribution in [0, 0.1) is 0 Å². The van der Waals surface area contributed by atoms with E-state index < -0.39 is 0 Å². The maximum atomic E-state index is 11.8. The topological polar surface area (TPSA) is 97.4 Å². The Hall–Kier alpha value is -2.87. The zero-order valence-corrected chi connectivity index (χ0v) is 12.8. The van der Waals surface area contributed by atoms with Gasteiger partial charge in [-0.2, -0.15) is 0 Å². The fraction of sp³-hybridized carbons (Fsp3) is 0.133. The number of amides is 2. The van der Waals surface area contributed by atoms with Gasteiger partial charge in [-0.1, -0.05) is 0 Å². The molecule has 2 amide bonds. The van der Waals surface area contributed by atoms with Gasteiger partial charge in [0.25, 0.3) is 11.8 Å². The first-order valence-corrected chi connectivity index (χ1v) is 7.68. The molecule has 3 heterocycles. The zero-order valence-electron chi connectivity index (χ0n) is 11.9. The lowest BCUT2D eigenvalue weighted by Gasteiger charge is -2.01. The first-order valence-electron chi connectivity index (χ1n) is 6.81. The third-order valence-corrected chi connectivity index (χ3v) is 3.81. The first-order chi connectivity index (χ1) is 11.2. The number of anilines is 1. The van der Waals surface area contributed by atoms with Crippen LogP contribution in [0.3, 0.4) is 0 Å². The number of carbonyl (C=O) groups excluding carboxylic acids is 2. The van der Waals surface area contributed by atoms with Gasteiger partial charge in [-0.15, -0.1) is 11.3 Å². The Kier molecular flexibility index (Phi) is 4.53. The van der Waals surface area contributed by atoms with E-state index in [4.69, 9.17) is 8.83 Å². The van der Waals surface area contributed by atoms with Crippen LogP contribution < -0.4 is 10.6 Å². The van der Waals surface area contributed by atoms with Gasteiger partial charge in [0.15, 0.2) is 5.13 Å². The molecule has 0 aliphatic heterocycles. The fourth-order valence-electron chi connectivity index (χ4n) is 1.84. The van der Waals surface area contributed by atoms with Crippen molar-refractivity contribution in [3.05, 3.63) is 59.4 Å². The number of rotatable bonds is 6. The molecule has 7 nitrogen and oxygen atoms in total. The lowest BCUT2D eigenvalue weighted by Crippen LogP contribution is -2.25. The minimum atomic E-state index is -0.270. The molecular formula is C15H13N3O4S. The number of thiazole rings is 1. The number of hydrogen-bond donors (Lipinski definition) is 2. The van der Waals surface area contributed by atoms with Crippen molar-refractivity contribution in [2.24, 2.45) is 0 Å². The van der Waals surface area contributed by atoms with Crippen LogP contribution in [-0.4, -0.2) is 23.3 Å². The molecule has 0 aliphatic carbocycles. The Morgan fingerprint density at radius 2 is 1.78 bits per heavy atom. The van der Waals surface area contributed by atoms with Gasteiger partial charge in [-0.25, -0.2) is 4.98 Å². The SMILES string of the molecule is O=C(NCCc1csc(NC(=O)c2ccoc2)n1)c1ccoc1. The van der Waals surface area contributed by atoms with Gasteiger partial charge < -0.3 is 14.2 Å². The highest BCUT2D eigenvalue weighted by atomic mass is 32.1. The van der Waals surface area contributed by atoms with Crippen LogP contribution in [0.15, 0.2) is 51.4 Å². The smallest absolute Gasteiger partial charge is 0.260 e. The number of hydrogen-bond acceptors (Lipinski definition) is 6. The largest absolute Gasteiger partial charge is 0.472 e. The van der Waals surface area contributed by atoms with E-state index in [-0.39, 0.29) is 11.8 Å². The van der Waals surface area contributed by atoms with Crippen molar-refractivity contribution in [3.63, 3.8) is 0 Å². The summed E-state index contributed by atoms with van der Waals surface area (Å²) >= 11 is 1.33. The van der Waals surface area contributed by atoms with E-state index in [1.807, 2.05) is 5.38 Å². The molecule has 8 heteroatoms. The monoisotopic (exact) mass is 331 g/mol. The molecule has 0 bridgehead atoms. The molecule has 0 spiro atoms. The van der Waals surface area contributed by atoms with Crippen molar-refractivity contribution in [3.8, 4) is 0 Å². The summed E-state index contributed by atoms with van der Waals surface area (Å²) in [5.74, 6) is -0.463. The molecule has 3 rings (SSSR count). The fourth-order valence-corrected chi connectivity index (χ4v) is 2.58. The van der Waals surface area contributed by atoms with Gasteiger partial charge in [0.1, 0.15) is 12.5 Å². The second-order valence-electron chi connectivity index (χ2n) is 4.63. The molecule has 0 saturated carbocycles. The third kappa shape index (κ3) is 3.86. The number of nitrogens with one attached hydrogen (secondary N) is 2. The molecule has 2 N–H and O–H groups in total. The van der Waals surface area contributed by atoms with Gasteiger partial charge in [0.05, 0.1) is 29.3 Å². The maximum absolute atomic E-state index is 11.8. The Morgan fingerprint density at radius 3 is 2.43 bits per heavy atom. The van der Waals surface area contributed by atoms with Crippen molar-refractivity contribution in [2.75, 3.05) is 11.9 Å². The van der Waals surface area contributed by atoms with Crippen LogP contribution in [0.1, 0.15) is 26.4 Å². The minimum Gasteiger partial charge on any atom is -0.472 e. The molecule has 0 unspecified atom stereocenters. The highest BCUT2D eigenvalue weighted by Gasteiger charge is 2.10. The first kappa shape index (κ1) is 15.0. The van der Waals surface area contributed by atoms with Crippen molar-refractivity contribution in [1.82, 2.24) is 10.3 Å². The summed E-state index contributed by atoms with van der Waals surface area (Å²) in [6, 6.07) is 3.18. The average Bonchev–Trinajstić information content (AvgIpc) is 3.30. The Balaban J connectivity index is 1.48. The van der Waals surface area contributed by atoms with Gasteiger partial charge in [0, 0.05) is 18.3 Å². The second kappa shape index (κ2) is 6.93. The van der Waals surface area contributed by atoms with Crippen molar-refractivity contribution in [1.29, 1.82) is 0 Å². The molecule has 0 aliphatic rings. The van der Waals surface area contributed by atoms with E-state index in [2.05, 4.69) is 15.6 Å². The van der Waals surface area contributed by atoms with E-state index >= 15 is 0 Å². The van der Waals surface area contributed by atoms with Crippen molar-refractivity contribution >= 4 is 28.3 Å². The molecule has 0 saturated heterocycles. The minimum absolute atomic E-state index is 0.192. The third-order valence-electron chi connectivity index (χ3n) is 3.01. The average molecular weight is 331 g/mol. The Labute approximate surface area is 135 Å². The summed E-state index contributed by atoms with van der Waals surface area (Å²) in [4.78, 5) is 27.9. The lowest BCUT2D eigenvalue weighted by molar-refractivity contribution is 0.0952. The summed E-state index contributed by atoms with van der Waals surface area (Å²) in [5.41, 5.74) is 1.72. The molecule has 118 valence electrons. The molecule has 3 aromatic rings. The predicted octanol–water partition coefficient (Wildman–Crippen LogP) is 2.55. The summed E-state index contributed by atoms with van der Waals surface area (Å²) in [5, 5.41) is 7.82. The highest BCUT2D eigenvalue weighted by Crippen LogP contribution is 2.17. The second-order valence-corrected chi connectivity index (χ2v) is 5.49. The summed E-state index contributed by atoms with van der Waals surface area (Å²) in [6.45, 7) is 0.447. The van der Waals surface area contributed by atoms with Crippen LogP contribution in [0.4, 0.5) is 5.13 Å². The predicted molar refractivity (Wildman–Crippen MR) is 83.5 cm³/mol. The van der Waals surface area contributed by atoms with Gasteiger partial charge in [-0.05, 0) is 12.1 Å². The van der Waals surface area contributed by atoms with Crippen LogP contribution in [-0.2, 0) is 6.42 Å².